The van der Waals surface area contributed by atoms with Crippen molar-refractivity contribution in [3.8, 4) is 5.75 Å². The van der Waals surface area contributed by atoms with E-state index in [2.05, 4.69) is 44.3 Å². The summed E-state index contributed by atoms with van der Waals surface area (Å²) in [6.45, 7) is 1.54. The first-order valence-corrected chi connectivity index (χ1v) is 21.7. The lowest BCUT2D eigenvalue weighted by molar-refractivity contribution is -0.143. The number of ether oxygens (including phenoxy) is 5. The van der Waals surface area contributed by atoms with Gasteiger partial charge in [0.05, 0.1) is 50.1 Å². The Labute approximate surface area is 351 Å². The third-order valence-corrected chi connectivity index (χ3v) is 10.2. The Balaban J connectivity index is 1.23. The van der Waals surface area contributed by atoms with Gasteiger partial charge in [-0.1, -0.05) is 56.4 Å². The van der Waals surface area contributed by atoms with Crippen molar-refractivity contribution in [2.24, 2.45) is 0 Å². The molecular formula is C42H58N4O13S. The minimum atomic E-state index is -4.01. The smallest absolute Gasteiger partial charge is 0.329 e. The standard InChI is InChI=1S/C42H58N4O13S/c47-36(10-8-22-55-25-28-58-32-40(50)51)31-57-27-26-56-24-21-43-41(52)35-29-44-42(45-30-35)46-60(53,54)38-18-16-37(17-19-38)59-23-20-34-14-12-33(13-15-34)9-6-4-2-1-3-5-7-11-39(48)49/h12-19,29-30H,1-11,20-28,31-32H2,(H,43,52)(H,48,49)(H,50,51)(H,44,45,46). The molecule has 60 heavy (non-hydrogen) atoms. The third kappa shape index (κ3) is 22.4. The monoisotopic (exact) mass is 858 g/mol. The Bertz CT molecular complexity index is 1810. The molecule has 0 bridgehead atoms. The Hall–Kier alpha value is -5.01. The first-order chi connectivity index (χ1) is 29.0. The number of amides is 1. The molecule has 3 aromatic rings. The number of aliphatic carboxylic acids is 2. The minimum Gasteiger partial charge on any atom is -0.493 e. The molecule has 3 rings (SSSR count). The number of unbranched alkanes of at least 4 members (excludes halogenated alkanes) is 6. The van der Waals surface area contributed by atoms with Crippen LogP contribution in [0.15, 0.2) is 65.8 Å². The number of rotatable bonds is 35. The van der Waals surface area contributed by atoms with Crippen molar-refractivity contribution in [1.29, 1.82) is 0 Å². The van der Waals surface area contributed by atoms with Crippen LogP contribution in [0.3, 0.4) is 0 Å². The van der Waals surface area contributed by atoms with Crippen LogP contribution in [0.25, 0.3) is 0 Å². The molecule has 4 N–H and O–H groups in total. The second kappa shape index (κ2) is 29.3. The van der Waals surface area contributed by atoms with E-state index < -0.39 is 27.9 Å². The average Bonchev–Trinajstić information content (AvgIpc) is 3.22. The van der Waals surface area contributed by atoms with Gasteiger partial charge in [-0.15, -0.1) is 0 Å². The van der Waals surface area contributed by atoms with Gasteiger partial charge in [-0.05, 0) is 61.1 Å². The molecule has 0 atom stereocenters. The van der Waals surface area contributed by atoms with Crippen LogP contribution < -0.4 is 14.8 Å². The number of aryl methyl sites for hydroxylation is 1. The predicted octanol–water partition coefficient (Wildman–Crippen LogP) is 4.88. The van der Waals surface area contributed by atoms with Crippen molar-refractivity contribution >= 4 is 39.6 Å². The number of anilines is 1. The van der Waals surface area contributed by atoms with Gasteiger partial charge in [-0.2, -0.15) is 0 Å². The topological polar surface area (TPSA) is 239 Å². The first-order valence-electron chi connectivity index (χ1n) is 20.2. The summed E-state index contributed by atoms with van der Waals surface area (Å²) in [5.41, 5.74) is 2.56. The van der Waals surface area contributed by atoms with E-state index in [4.69, 9.17) is 33.9 Å². The van der Waals surface area contributed by atoms with Crippen molar-refractivity contribution in [1.82, 2.24) is 15.3 Å². The summed E-state index contributed by atoms with van der Waals surface area (Å²) in [6, 6.07) is 14.5. The quantitative estimate of drug-likeness (QED) is 0.0577. The van der Waals surface area contributed by atoms with Crippen molar-refractivity contribution in [2.45, 2.75) is 81.9 Å². The summed E-state index contributed by atoms with van der Waals surface area (Å²) < 4.78 is 54.9. The molecule has 2 aromatic carbocycles. The number of benzene rings is 2. The van der Waals surface area contributed by atoms with E-state index in [0.29, 0.717) is 31.8 Å². The van der Waals surface area contributed by atoms with E-state index in [1.807, 2.05) is 0 Å². The summed E-state index contributed by atoms with van der Waals surface area (Å²) in [6.07, 6.45) is 12.6. The molecule has 0 unspecified atom stereocenters. The average molecular weight is 859 g/mol. The number of hydrogen-bond acceptors (Lipinski definition) is 13. The molecule has 0 aliphatic rings. The van der Waals surface area contributed by atoms with Crippen molar-refractivity contribution in [3.63, 3.8) is 0 Å². The summed E-state index contributed by atoms with van der Waals surface area (Å²) >= 11 is 0. The normalized spacial score (nSPS) is 11.3. The Morgan fingerprint density at radius 1 is 0.583 bits per heavy atom. The lowest BCUT2D eigenvalue weighted by Gasteiger charge is -2.10. The zero-order valence-corrected chi connectivity index (χ0v) is 34.8. The number of hydrogen-bond donors (Lipinski definition) is 4. The Kier molecular flexibility index (Phi) is 24.1. The fraction of sp³-hybridized carbons (Fsp3) is 0.524. The highest BCUT2D eigenvalue weighted by atomic mass is 32.2. The number of nitrogens with one attached hydrogen (secondary N) is 2. The van der Waals surface area contributed by atoms with Gasteiger partial charge in [0.25, 0.3) is 15.9 Å². The number of carboxylic acid groups (broad SMARTS) is 2. The number of nitrogens with zero attached hydrogens (tertiary/aromatic N) is 2. The number of carbonyl (C=O) groups excluding carboxylic acids is 2. The highest BCUT2D eigenvalue weighted by molar-refractivity contribution is 7.92. The van der Waals surface area contributed by atoms with Crippen LogP contribution in [0.4, 0.5) is 5.95 Å². The van der Waals surface area contributed by atoms with E-state index in [1.54, 1.807) is 12.1 Å². The highest BCUT2D eigenvalue weighted by Gasteiger charge is 2.17. The maximum atomic E-state index is 12.9. The van der Waals surface area contributed by atoms with Crippen LogP contribution in [-0.2, 0) is 56.2 Å². The molecule has 18 heteroatoms. The fourth-order valence-corrected chi connectivity index (χ4v) is 6.57. The van der Waals surface area contributed by atoms with Gasteiger partial charge >= 0.3 is 11.9 Å². The second-order valence-corrected chi connectivity index (χ2v) is 15.5. The molecule has 1 aromatic heterocycles. The first kappa shape index (κ1) is 49.4. The number of Topliss-reactive ketones (excluding diaryl/α,β-unsaturated/α-hetero) is 1. The minimum absolute atomic E-state index is 0.00958. The molecule has 17 nitrogen and oxygen atoms in total. The zero-order chi connectivity index (χ0) is 43.3. The maximum absolute atomic E-state index is 12.9. The van der Waals surface area contributed by atoms with Crippen LogP contribution in [0.5, 0.6) is 5.75 Å². The Morgan fingerprint density at radius 2 is 1.17 bits per heavy atom. The number of ketones is 1. The van der Waals surface area contributed by atoms with Gasteiger partial charge in [0.1, 0.15) is 19.0 Å². The molecular weight excluding hydrogens is 801 g/mol. The van der Waals surface area contributed by atoms with Gasteiger partial charge in [-0.25, -0.2) is 27.9 Å². The third-order valence-electron chi connectivity index (χ3n) is 8.82. The van der Waals surface area contributed by atoms with Crippen LogP contribution in [-0.4, -0.2) is 118 Å². The summed E-state index contributed by atoms with van der Waals surface area (Å²) in [4.78, 5) is 53.2. The van der Waals surface area contributed by atoms with E-state index in [-0.39, 0.29) is 87.8 Å². The maximum Gasteiger partial charge on any atom is 0.329 e. The van der Waals surface area contributed by atoms with Crippen molar-refractivity contribution in [3.05, 3.63) is 77.6 Å². The number of aromatic nitrogens is 2. The summed E-state index contributed by atoms with van der Waals surface area (Å²) in [5, 5.41) is 19.8. The lowest BCUT2D eigenvalue weighted by Crippen LogP contribution is -2.28. The predicted molar refractivity (Wildman–Crippen MR) is 221 cm³/mol. The van der Waals surface area contributed by atoms with Crippen LogP contribution in [0.1, 0.15) is 85.7 Å². The van der Waals surface area contributed by atoms with Gasteiger partial charge in [0, 0.05) is 44.8 Å². The molecule has 0 aliphatic carbocycles. The SMILES string of the molecule is O=C(O)CCCCCCCCCc1ccc(CCOc2ccc(S(=O)(=O)Nc3ncc(C(=O)NCCOCCOCC(=O)CCCOCCOCC(=O)O)cn3)cc2)cc1. The van der Waals surface area contributed by atoms with E-state index in [0.717, 1.165) is 50.5 Å². The van der Waals surface area contributed by atoms with Crippen LogP contribution in [0, 0.1) is 0 Å². The molecule has 0 radical (unpaired) electrons. The molecule has 0 aliphatic heterocycles. The molecule has 0 saturated heterocycles. The lowest BCUT2D eigenvalue weighted by atomic mass is 10.0. The molecule has 1 amide bonds. The van der Waals surface area contributed by atoms with E-state index >= 15 is 0 Å². The largest absolute Gasteiger partial charge is 0.493 e. The number of carbonyl (C=O) groups is 4. The molecule has 1 heterocycles. The molecule has 0 spiro atoms. The number of sulfonamides is 1. The van der Waals surface area contributed by atoms with Crippen molar-refractivity contribution < 1.29 is 61.5 Å². The molecule has 330 valence electrons. The highest BCUT2D eigenvalue weighted by Crippen LogP contribution is 2.19. The van der Waals surface area contributed by atoms with Crippen molar-refractivity contribution in [2.75, 3.05) is 70.7 Å². The fourth-order valence-electron chi connectivity index (χ4n) is 5.61. The van der Waals surface area contributed by atoms with Gasteiger partial charge in [0.2, 0.25) is 5.95 Å². The van der Waals surface area contributed by atoms with E-state index in [9.17, 15) is 27.6 Å². The Morgan fingerprint density at radius 3 is 1.82 bits per heavy atom. The number of carboxylic acids is 2. The van der Waals surface area contributed by atoms with Gasteiger partial charge < -0.3 is 39.2 Å². The molecule has 0 saturated carbocycles. The zero-order valence-electron chi connectivity index (χ0n) is 34.0. The van der Waals surface area contributed by atoms with Crippen LogP contribution >= 0.6 is 0 Å². The van der Waals surface area contributed by atoms with E-state index in [1.165, 1.54) is 36.5 Å². The van der Waals surface area contributed by atoms with Crippen LogP contribution in [0.2, 0.25) is 0 Å². The summed E-state index contributed by atoms with van der Waals surface area (Å²) in [5.74, 6) is -1.99. The van der Waals surface area contributed by atoms with Gasteiger partial charge in [-0.3, -0.25) is 14.4 Å². The summed E-state index contributed by atoms with van der Waals surface area (Å²) in [7, 11) is -4.01. The van der Waals surface area contributed by atoms with Gasteiger partial charge in [0.15, 0.2) is 5.78 Å². The second-order valence-electron chi connectivity index (χ2n) is 13.8. The molecule has 0 fully saturated rings.